The van der Waals surface area contributed by atoms with Gasteiger partial charge in [-0.05, 0) is 117 Å². The number of halogens is 1. The number of rotatable bonds is 4. The van der Waals surface area contributed by atoms with Crippen LogP contribution in [0.4, 0.5) is 4.39 Å². The van der Waals surface area contributed by atoms with Crippen molar-refractivity contribution in [2.45, 2.75) is 13.8 Å². The predicted octanol–water partition coefficient (Wildman–Crippen LogP) is 15.2. The van der Waals surface area contributed by atoms with Gasteiger partial charge in [0.1, 0.15) is 5.82 Å². The summed E-state index contributed by atoms with van der Waals surface area (Å²) >= 11 is 0. The molecule has 1 aliphatic rings. The van der Waals surface area contributed by atoms with E-state index in [1.807, 2.05) is 38.1 Å². The molecule has 1 aliphatic carbocycles. The van der Waals surface area contributed by atoms with Gasteiger partial charge in [0, 0.05) is 32.6 Å². The lowest BCUT2D eigenvalue weighted by Gasteiger charge is -2.13. The highest BCUT2D eigenvalue weighted by atomic mass is 19.1. The van der Waals surface area contributed by atoms with Crippen molar-refractivity contribution in [2.24, 2.45) is 0 Å². The lowest BCUT2D eigenvalue weighted by Crippen LogP contribution is -1.95. The first-order valence-electron chi connectivity index (χ1n) is 19.8. The Balaban J connectivity index is 0.00000184. The first kappa shape index (κ1) is 33.1. The number of hydrogen-bond acceptors (Lipinski definition) is 0. The fourth-order valence-corrected chi connectivity index (χ4v) is 9.29. The zero-order chi connectivity index (χ0) is 38.2. The van der Waals surface area contributed by atoms with Gasteiger partial charge in [-0.25, -0.2) is 4.39 Å². The minimum Gasteiger partial charge on any atom is -0.309 e. The van der Waals surface area contributed by atoms with Crippen LogP contribution in [0.3, 0.4) is 0 Å². The Kier molecular flexibility index (Phi) is 7.52. The molecule has 0 saturated carbocycles. The molecule has 2 aromatic heterocycles. The van der Waals surface area contributed by atoms with Crippen molar-refractivity contribution in [2.75, 3.05) is 0 Å². The molecule has 0 fully saturated rings. The number of hydrogen-bond donors (Lipinski definition) is 0. The van der Waals surface area contributed by atoms with Crippen LogP contribution in [0.5, 0.6) is 0 Å². The Morgan fingerprint density at radius 1 is 0.333 bits per heavy atom. The van der Waals surface area contributed by atoms with E-state index in [0.717, 1.165) is 44.2 Å². The third-order valence-corrected chi connectivity index (χ3v) is 11.7. The van der Waals surface area contributed by atoms with Crippen LogP contribution < -0.4 is 0 Å². The van der Waals surface area contributed by atoms with Crippen LogP contribution in [0.2, 0.25) is 0 Å². The van der Waals surface area contributed by atoms with Crippen molar-refractivity contribution in [3.05, 3.63) is 194 Å². The summed E-state index contributed by atoms with van der Waals surface area (Å²) in [5.74, 6) is -0.231. The average Bonchev–Trinajstić information content (AvgIpc) is 3.91. The Bertz CT molecular complexity index is 3340. The molecule has 2 nitrogen and oxygen atoms in total. The Labute approximate surface area is 330 Å². The van der Waals surface area contributed by atoms with E-state index in [-0.39, 0.29) is 5.82 Å². The highest BCUT2D eigenvalue weighted by Crippen LogP contribution is 2.49. The van der Waals surface area contributed by atoms with Crippen LogP contribution in [0.15, 0.2) is 188 Å². The molecule has 0 N–H and O–H groups in total. The zero-order valence-corrected chi connectivity index (χ0v) is 31.7. The quantitative estimate of drug-likeness (QED) is 0.171. The first-order valence-corrected chi connectivity index (χ1v) is 19.8. The maximum Gasteiger partial charge on any atom is 0.123 e. The molecule has 0 unspecified atom stereocenters. The first-order chi connectivity index (χ1) is 28.2. The van der Waals surface area contributed by atoms with Gasteiger partial charge in [-0.2, -0.15) is 0 Å². The second-order valence-corrected chi connectivity index (χ2v) is 14.6. The molecule has 0 aliphatic heterocycles. The molecule has 57 heavy (non-hydrogen) atoms. The minimum absolute atomic E-state index is 0.231. The summed E-state index contributed by atoms with van der Waals surface area (Å²) in [6.07, 6.45) is 0. The average molecular weight is 733 g/mol. The van der Waals surface area contributed by atoms with Gasteiger partial charge in [0.05, 0.1) is 27.8 Å². The van der Waals surface area contributed by atoms with Crippen molar-refractivity contribution in [1.29, 1.82) is 0 Å². The molecule has 270 valence electrons. The van der Waals surface area contributed by atoms with Gasteiger partial charge in [0.25, 0.3) is 0 Å². The summed E-state index contributed by atoms with van der Waals surface area (Å²) in [6.45, 7) is 4.00. The Morgan fingerprint density at radius 2 is 0.825 bits per heavy atom. The van der Waals surface area contributed by atoms with Crippen molar-refractivity contribution in [3.8, 4) is 55.9 Å². The topological polar surface area (TPSA) is 9.86 Å². The largest absolute Gasteiger partial charge is 0.309 e. The van der Waals surface area contributed by atoms with E-state index >= 15 is 0 Å². The monoisotopic (exact) mass is 732 g/mol. The maximum atomic E-state index is 14.6. The van der Waals surface area contributed by atoms with Gasteiger partial charge in [0.2, 0.25) is 0 Å². The van der Waals surface area contributed by atoms with E-state index in [2.05, 4.69) is 161 Å². The number of fused-ring (bicyclic) bond motifs is 9. The molecule has 3 heteroatoms. The molecule has 0 amide bonds. The van der Waals surface area contributed by atoms with Crippen molar-refractivity contribution >= 4 is 54.4 Å². The molecule has 2 heterocycles. The van der Waals surface area contributed by atoms with Gasteiger partial charge >= 0.3 is 0 Å². The third-order valence-electron chi connectivity index (χ3n) is 11.7. The lowest BCUT2D eigenvalue weighted by atomic mass is 9.98. The summed E-state index contributed by atoms with van der Waals surface area (Å²) < 4.78 is 19.3. The summed E-state index contributed by atoms with van der Waals surface area (Å²) in [7, 11) is 0. The van der Waals surface area contributed by atoms with Crippen LogP contribution >= 0.6 is 0 Å². The summed E-state index contributed by atoms with van der Waals surface area (Å²) in [5.41, 5.74) is 16.5. The fourth-order valence-electron chi connectivity index (χ4n) is 9.29. The molecule has 0 atom stereocenters. The second-order valence-electron chi connectivity index (χ2n) is 14.6. The molecule has 0 saturated heterocycles. The highest BCUT2D eigenvalue weighted by molar-refractivity contribution is 6.19. The normalized spacial score (nSPS) is 11.8. The maximum absolute atomic E-state index is 14.6. The molecule has 9 aromatic carbocycles. The van der Waals surface area contributed by atoms with Crippen LogP contribution in [-0.4, -0.2) is 9.13 Å². The van der Waals surface area contributed by atoms with Crippen LogP contribution in [0, 0.1) is 5.82 Å². The van der Waals surface area contributed by atoms with E-state index in [4.69, 9.17) is 0 Å². The number of aromatic nitrogens is 2. The van der Waals surface area contributed by atoms with Crippen molar-refractivity contribution in [1.82, 2.24) is 9.13 Å². The molecule has 0 radical (unpaired) electrons. The van der Waals surface area contributed by atoms with Gasteiger partial charge < -0.3 is 9.13 Å². The molecule has 12 rings (SSSR count). The summed E-state index contributed by atoms with van der Waals surface area (Å²) in [5, 5.41) is 7.01. The smallest absolute Gasteiger partial charge is 0.123 e. The minimum atomic E-state index is -0.231. The lowest BCUT2D eigenvalue weighted by molar-refractivity contribution is 0.629. The molecule has 0 bridgehead atoms. The second kappa shape index (κ2) is 12.9. The fraction of sp³-hybridized carbons (Fsp3) is 0.0370. The van der Waals surface area contributed by atoms with Crippen LogP contribution in [-0.2, 0) is 0 Å². The predicted molar refractivity (Wildman–Crippen MR) is 239 cm³/mol. The van der Waals surface area contributed by atoms with Gasteiger partial charge in [-0.1, -0.05) is 135 Å². The number of nitrogens with zero attached hydrogens (tertiary/aromatic N) is 2. The van der Waals surface area contributed by atoms with E-state index in [1.165, 1.54) is 66.1 Å². The van der Waals surface area contributed by atoms with Gasteiger partial charge in [-0.15, -0.1) is 0 Å². The highest BCUT2D eigenvalue weighted by Gasteiger charge is 2.24. The molecule has 11 aromatic rings. The standard InChI is InChI=1S/C52H31FN2.C2H6/c53-36-23-27-50-46(31-36)45-30-35(21-25-49(45)54(50)37-9-2-1-3-10-37)33-19-17-32(18-20-33)34-22-26-51-44(29-34)40-13-6-7-16-47(40)55(51)48-28-24-42-39-12-5-4-11-38(39)41-14-8-15-43(48)52(41)42;1-2/h1-31H;1-2H3. The van der Waals surface area contributed by atoms with Gasteiger partial charge in [-0.3, -0.25) is 0 Å². The van der Waals surface area contributed by atoms with Crippen LogP contribution in [0.25, 0.3) is 110 Å². The van der Waals surface area contributed by atoms with E-state index < -0.39 is 0 Å². The van der Waals surface area contributed by atoms with Crippen LogP contribution in [0.1, 0.15) is 13.8 Å². The molecular formula is C54H37FN2. The van der Waals surface area contributed by atoms with E-state index in [0.29, 0.717) is 0 Å². The summed E-state index contributed by atoms with van der Waals surface area (Å²) in [6, 6.07) is 66.5. The number of benzene rings is 9. The Hall–Kier alpha value is -7.23. The zero-order valence-electron chi connectivity index (χ0n) is 31.7. The van der Waals surface area contributed by atoms with Crippen molar-refractivity contribution in [3.63, 3.8) is 0 Å². The van der Waals surface area contributed by atoms with Crippen molar-refractivity contribution < 1.29 is 4.39 Å². The molecule has 0 spiro atoms. The number of para-hydroxylation sites is 2. The third kappa shape index (κ3) is 4.95. The Morgan fingerprint density at radius 3 is 1.53 bits per heavy atom. The molecular weight excluding hydrogens is 696 g/mol. The van der Waals surface area contributed by atoms with Gasteiger partial charge in [0.15, 0.2) is 0 Å². The van der Waals surface area contributed by atoms with E-state index in [1.54, 1.807) is 12.1 Å². The SMILES string of the molecule is CC.Fc1ccc2c(c1)c1cc(-c3ccc(-c4ccc5c(c4)c4ccccc4n5-c4ccc5c6c(cccc46)-c4ccccc4-5)cc3)ccc1n2-c1ccccc1. The van der Waals surface area contributed by atoms with E-state index in [9.17, 15) is 4.39 Å². The summed E-state index contributed by atoms with van der Waals surface area (Å²) in [4.78, 5) is 0.